The Morgan fingerprint density at radius 3 is 2.29 bits per heavy atom. The normalized spacial score (nSPS) is 16.1. The molecule has 1 saturated heterocycles. The van der Waals surface area contributed by atoms with Gasteiger partial charge in [-0.1, -0.05) is 30.2 Å². The van der Waals surface area contributed by atoms with E-state index in [1.165, 1.54) is 11.3 Å². The quantitative estimate of drug-likeness (QED) is 0.371. The molecule has 34 heavy (non-hydrogen) atoms. The third-order valence-electron chi connectivity index (χ3n) is 6.62. The molecule has 8 heteroatoms. The second-order valence-corrected chi connectivity index (χ2v) is 12.3. The summed E-state index contributed by atoms with van der Waals surface area (Å²) in [6.45, 7) is 8.45. The number of rotatable bonds is 11. The maximum absolute atomic E-state index is 11.7. The highest BCUT2D eigenvalue weighted by atomic mass is 35.5. The van der Waals surface area contributed by atoms with Crippen molar-refractivity contribution in [2.45, 2.75) is 63.7 Å². The lowest BCUT2D eigenvalue weighted by molar-refractivity contribution is 0.0117. The fourth-order valence-electron chi connectivity index (χ4n) is 4.33. The Morgan fingerprint density at radius 2 is 1.68 bits per heavy atom. The van der Waals surface area contributed by atoms with Crippen LogP contribution in [-0.2, 0) is 15.6 Å². The number of hydrogen-bond donors (Lipinski definition) is 3. The van der Waals surface area contributed by atoms with Crippen LogP contribution in [-0.4, -0.2) is 45.0 Å². The molecule has 0 unspecified atom stereocenters. The molecule has 0 bridgehead atoms. The van der Waals surface area contributed by atoms with Gasteiger partial charge in [-0.25, -0.2) is 13.1 Å². The van der Waals surface area contributed by atoms with Crippen molar-refractivity contribution in [2.24, 2.45) is 0 Å². The van der Waals surface area contributed by atoms with Crippen LogP contribution in [0.2, 0.25) is 5.02 Å². The number of nitrogens with one attached hydrogen (secondary N) is 2. The van der Waals surface area contributed by atoms with Crippen molar-refractivity contribution in [3.63, 3.8) is 0 Å². The van der Waals surface area contributed by atoms with Gasteiger partial charge in [0, 0.05) is 42.6 Å². The maximum Gasteiger partial charge on any atom is 0.213 e. The van der Waals surface area contributed by atoms with Gasteiger partial charge in [0.05, 0.1) is 10.9 Å². The molecule has 6 nitrogen and oxygen atoms in total. The monoisotopic (exact) mass is 507 g/mol. The molecule has 188 valence electrons. The number of benzene rings is 2. The minimum atomic E-state index is -3.16. The third kappa shape index (κ3) is 7.11. The van der Waals surface area contributed by atoms with Crippen LogP contribution in [0.15, 0.2) is 42.5 Å². The molecule has 1 aliphatic rings. The first-order chi connectivity index (χ1) is 16.1. The van der Waals surface area contributed by atoms with E-state index >= 15 is 0 Å². The molecule has 3 rings (SSSR count). The molecular weight excluding hydrogens is 470 g/mol. The van der Waals surface area contributed by atoms with E-state index in [0.717, 1.165) is 50.1 Å². The van der Waals surface area contributed by atoms with Crippen LogP contribution in [0.4, 0.5) is 11.4 Å². The Hall–Kier alpha value is -1.80. The molecule has 2 aromatic carbocycles. The van der Waals surface area contributed by atoms with Crippen molar-refractivity contribution in [3.05, 3.63) is 58.6 Å². The third-order valence-corrected chi connectivity index (χ3v) is 8.72. The largest absolute Gasteiger partial charge is 0.385 e. The van der Waals surface area contributed by atoms with E-state index in [9.17, 15) is 13.5 Å². The molecule has 0 atom stereocenters. The number of nitrogens with zero attached hydrogens (tertiary/aromatic N) is 1. The van der Waals surface area contributed by atoms with Crippen molar-refractivity contribution >= 4 is 33.0 Å². The molecule has 0 radical (unpaired) electrons. The second-order valence-electron chi connectivity index (χ2n) is 9.50. The fourth-order valence-corrected chi connectivity index (χ4v) is 5.22. The lowest BCUT2D eigenvalue weighted by Gasteiger charge is -2.40. The van der Waals surface area contributed by atoms with Gasteiger partial charge in [-0.2, -0.15) is 0 Å². The van der Waals surface area contributed by atoms with Gasteiger partial charge in [-0.05, 0) is 87.9 Å². The molecule has 0 saturated carbocycles. The standard InChI is InChI=1S/C26H38ClN3O3S/c1-20(2)34(32,33)29-16-6-4-5-15-28-24-11-12-25(21(3)19-24)30-17-13-26(31,14-18-30)22-7-9-23(27)10-8-22/h7-12,19-20,28-29,31H,4-6,13-18H2,1-3H3. The van der Waals surface area contributed by atoms with Crippen LogP contribution < -0.4 is 14.9 Å². The average Bonchev–Trinajstić information content (AvgIpc) is 2.79. The van der Waals surface area contributed by atoms with Crippen LogP contribution in [0.25, 0.3) is 0 Å². The first kappa shape index (κ1) is 26.8. The number of halogens is 1. The lowest BCUT2D eigenvalue weighted by Crippen LogP contribution is -2.42. The zero-order valence-electron chi connectivity index (χ0n) is 20.5. The van der Waals surface area contributed by atoms with Gasteiger partial charge in [0.25, 0.3) is 0 Å². The predicted octanol–water partition coefficient (Wildman–Crippen LogP) is 5.05. The SMILES string of the molecule is Cc1cc(NCCCCCNS(=O)(=O)C(C)C)ccc1N1CCC(O)(c2ccc(Cl)cc2)CC1. The van der Waals surface area contributed by atoms with Gasteiger partial charge >= 0.3 is 0 Å². The highest BCUT2D eigenvalue weighted by Crippen LogP contribution is 2.36. The zero-order valence-corrected chi connectivity index (χ0v) is 22.1. The number of anilines is 2. The number of sulfonamides is 1. The predicted molar refractivity (Wildman–Crippen MR) is 142 cm³/mol. The van der Waals surface area contributed by atoms with Gasteiger partial charge in [-0.15, -0.1) is 0 Å². The van der Waals surface area contributed by atoms with Gasteiger partial charge < -0.3 is 15.3 Å². The van der Waals surface area contributed by atoms with Crippen molar-refractivity contribution in [1.82, 2.24) is 4.72 Å². The Balaban J connectivity index is 1.42. The summed E-state index contributed by atoms with van der Waals surface area (Å²) in [5.74, 6) is 0. The van der Waals surface area contributed by atoms with Gasteiger partial charge in [0.2, 0.25) is 10.0 Å². The summed E-state index contributed by atoms with van der Waals surface area (Å²) in [7, 11) is -3.16. The van der Waals surface area contributed by atoms with Crippen LogP contribution in [0, 0.1) is 6.92 Å². The molecule has 3 N–H and O–H groups in total. The summed E-state index contributed by atoms with van der Waals surface area (Å²) >= 11 is 6.00. The van der Waals surface area contributed by atoms with Crippen LogP contribution in [0.3, 0.4) is 0 Å². The molecule has 0 aromatic heterocycles. The minimum Gasteiger partial charge on any atom is -0.385 e. The molecule has 1 fully saturated rings. The van der Waals surface area contributed by atoms with Gasteiger partial charge in [-0.3, -0.25) is 0 Å². The van der Waals surface area contributed by atoms with E-state index in [1.54, 1.807) is 13.8 Å². The average molecular weight is 508 g/mol. The van der Waals surface area contributed by atoms with Crippen molar-refractivity contribution in [2.75, 3.05) is 36.4 Å². The highest BCUT2D eigenvalue weighted by molar-refractivity contribution is 7.90. The first-order valence-corrected chi connectivity index (χ1v) is 14.1. The van der Waals surface area contributed by atoms with E-state index < -0.39 is 15.6 Å². The first-order valence-electron chi connectivity index (χ1n) is 12.2. The Labute approximate surface area is 209 Å². The number of piperidine rings is 1. The van der Waals surface area contributed by atoms with Crippen LogP contribution in [0.1, 0.15) is 57.1 Å². The van der Waals surface area contributed by atoms with Gasteiger partial charge in [0.1, 0.15) is 0 Å². The fraction of sp³-hybridized carbons (Fsp3) is 0.538. The van der Waals surface area contributed by atoms with Gasteiger partial charge in [0.15, 0.2) is 0 Å². The van der Waals surface area contributed by atoms with E-state index in [4.69, 9.17) is 11.6 Å². The number of aliphatic hydroxyl groups is 1. The van der Waals surface area contributed by atoms with Crippen LogP contribution in [0.5, 0.6) is 0 Å². The number of aryl methyl sites for hydroxylation is 1. The number of hydrogen-bond acceptors (Lipinski definition) is 5. The Morgan fingerprint density at radius 1 is 1.03 bits per heavy atom. The summed E-state index contributed by atoms with van der Waals surface area (Å²) in [6.07, 6.45) is 4.15. The molecule has 0 amide bonds. The maximum atomic E-state index is 11.7. The molecule has 1 heterocycles. The topological polar surface area (TPSA) is 81.7 Å². The highest BCUT2D eigenvalue weighted by Gasteiger charge is 2.34. The number of unbranched alkanes of at least 4 members (excludes halogenated alkanes) is 2. The summed E-state index contributed by atoms with van der Waals surface area (Å²) in [5.41, 5.74) is 3.65. The summed E-state index contributed by atoms with van der Waals surface area (Å²) < 4.78 is 26.1. The smallest absolute Gasteiger partial charge is 0.213 e. The molecule has 1 aliphatic heterocycles. The van der Waals surface area contributed by atoms with E-state index in [1.807, 2.05) is 24.3 Å². The minimum absolute atomic E-state index is 0.389. The van der Waals surface area contributed by atoms with Crippen molar-refractivity contribution in [3.8, 4) is 0 Å². The summed E-state index contributed by atoms with van der Waals surface area (Å²) in [6, 6.07) is 14.0. The summed E-state index contributed by atoms with van der Waals surface area (Å²) in [5, 5.41) is 14.9. The Bertz CT molecular complexity index is 1030. The van der Waals surface area contributed by atoms with E-state index in [2.05, 4.69) is 40.1 Å². The molecule has 0 spiro atoms. The molecule has 2 aromatic rings. The van der Waals surface area contributed by atoms with E-state index in [-0.39, 0.29) is 5.25 Å². The van der Waals surface area contributed by atoms with Crippen molar-refractivity contribution in [1.29, 1.82) is 0 Å². The second kappa shape index (κ2) is 11.8. The lowest BCUT2D eigenvalue weighted by atomic mass is 9.84. The summed E-state index contributed by atoms with van der Waals surface area (Å²) in [4.78, 5) is 2.35. The Kier molecular flexibility index (Phi) is 9.27. The zero-order chi connectivity index (χ0) is 24.8. The van der Waals surface area contributed by atoms with Crippen LogP contribution >= 0.6 is 11.6 Å². The molecular formula is C26H38ClN3O3S. The van der Waals surface area contributed by atoms with Crippen molar-refractivity contribution < 1.29 is 13.5 Å². The van der Waals surface area contributed by atoms with E-state index in [0.29, 0.717) is 24.4 Å². The molecule has 0 aliphatic carbocycles.